The molecule has 2 rings (SSSR count). The van der Waals surface area contributed by atoms with Crippen molar-refractivity contribution in [2.24, 2.45) is 5.73 Å². The number of Topliss-reactive ketones (excluding diaryl/α,β-unsaturated/α-hetero) is 1. The van der Waals surface area contributed by atoms with Crippen molar-refractivity contribution in [1.29, 1.82) is 0 Å². The monoisotopic (exact) mass is 352 g/mol. The Hall–Kier alpha value is -2.22. The number of nitrogens with zero attached hydrogens (tertiary/aromatic N) is 1. The van der Waals surface area contributed by atoms with Crippen molar-refractivity contribution < 1.29 is 19.5 Å². The minimum Gasteiger partial charge on any atom is -0.480 e. The molecular formula is C17H28N4O4. The number of amides is 1. The van der Waals surface area contributed by atoms with Gasteiger partial charge in [0.25, 0.3) is 0 Å². The minimum absolute atomic E-state index is 0.0392. The number of H-pyrrole nitrogens is 1. The number of nitrogens with one attached hydrogen (secondary N) is 2. The molecule has 1 heterocycles. The maximum atomic E-state index is 11.2. The third-order valence-corrected chi connectivity index (χ3v) is 3.79. The van der Waals surface area contributed by atoms with Crippen LogP contribution in [0.1, 0.15) is 57.6 Å². The molecule has 0 aliphatic heterocycles. The van der Waals surface area contributed by atoms with E-state index in [2.05, 4.69) is 22.2 Å². The molecule has 25 heavy (non-hydrogen) atoms. The van der Waals surface area contributed by atoms with E-state index in [9.17, 15) is 14.4 Å². The number of hydrogen-bond acceptors (Lipinski definition) is 5. The van der Waals surface area contributed by atoms with Crippen molar-refractivity contribution in [2.45, 2.75) is 70.4 Å². The van der Waals surface area contributed by atoms with E-state index in [1.54, 1.807) is 6.20 Å². The van der Waals surface area contributed by atoms with Crippen LogP contribution in [0.2, 0.25) is 0 Å². The van der Waals surface area contributed by atoms with Crippen molar-refractivity contribution in [3.05, 3.63) is 18.2 Å². The molecule has 1 aromatic heterocycles. The number of carbonyl (C=O) groups is 3. The van der Waals surface area contributed by atoms with Gasteiger partial charge in [0.1, 0.15) is 6.04 Å². The number of aliphatic carboxylic acids is 1. The van der Waals surface area contributed by atoms with Crippen molar-refractivity contribution in [2.75, 3.05) is 0 Å². The van der Waals surface area contributed by atoms with E-state index in [-0.39, 0.29) is 24.2 Å². The number of carbonyl (C=O) groups excluding carboxylic acids is 2. The SMILES string of the molecule is CCCCCCCC(=O)NC1CC1=O.N[C@@H](Cc1cnc[nH]1)C(=O)O. The first-order chi connectivity index (χ1) is 11.9. The smallest absolute Gasteiger partial charge is 0.320 e. The van der Waals surface area contributed by atoms with Crippen LogP contribution in [-0.2, 0) is 20.8 Å². The zero-order valence-electron chi connectivity index (χ0n) is 14.7. The average molecular weight is 352 g/mol. The summed E-state index contributed by atoms with van der Waals surface area (Å²) >= 11 is 0. The van der Waals surface area contributed by atoms with Gasteiger partial charge in [0, 0.05) is 31.2 Å². The molecule has 1 aliphatic rings. The molecule has 8 nitrogen and oxygen atoms in total. The van der Waals surface area contributed by atoms with Crippen LogP contribution in [0.15, 0.2) is 12.5 Å². The van der Waals surface area contributed by atoms with Crippen molar-refractivity contribution in [1.82, 2.24) is 15.3 Å². The van der Waals surface area contributed by atoms with Crippen molar-refractivity contribution in [3.63, 3.8) is 0 Å². The van der Waals surface area contributed by atoms with E-state index in [0.29, 0.717) is 12.8 Å². The van der Waals surface area contributed by atoms with Crippen LogP contribution in [0.4, 0.5) is 0 Å². The zero-order chi connectivity index (χ0) is 18.7. The van der Waals surface area contributed by atoms with Gasteiger partial charge in [-0.05, 0) is 6.42 Å². The molecule has 0 bridgehead atoms. The van der Waals surface area contributed by atoms with Gasteiger partial charge in [-0.3, -0.25) is 14.4 Å². The summed E-state index contributed by atoms with van der Waals surface area (Å²) < 4.78 is 0. The third kappa shape index (κ3) is 9.61. The molecule has 1 saturated carbocycles. The number of imidazole rings is 1. The molecule has 2 atom stereocenters. The van der Waals surface area contributed by atoms with Crippen LogP contribution in [-0.4, -0.2) is 44.8 Å². The van der Waals surface area contributed by atoms with Gasteiger partial charge in [-0.2, -0.15) is 0 Å². The molecule has 0 aromatic carbocycles. The first-order valence-electron chi connectivity index (χ1n) is 8.71. The van der Waals surface area contributed by atoms with Gasteiger partial charge in [0.05, 0.1) is 12.4 Å². The van der Waals surface area contributed by atoms with Gasteiger partial charge < -0.3 is 21.1 Å². The second-order valence-corrected chi connectivity index (χ2v) is 6.18. The normalized spacial score (nSPS) is 16.6. The van der Waals surface area contributed by atoms with E-state index >= 15 is 0 Å². The van der Waals surface area contributed by atoms with Gasteiger partial charge in [-0.1, -0.05) is 32.6 Å². The molecule has 1 fully saturated rings. The Kier molecular flexibility index (Phi) is 9.46. The summed E-state index contributed by atoms with van der Waals surface area (Å²) in [6, 6.07) is -0.992. The van der Waals surface area contributed by atoms with Gasteiger partial charge in [0.15, 0.2) is 5.78 Å². The molecular weight excluding hydrogens is 324 g/mol. The van der Waals surface area contributed by atoms with Crippen LogP contribution in [0, 0.1) is 0 Å². The summed E-state index contributed by atoms with van der Waals surface area (Å²) in [5.74, 6) is -0.790. The number of unbranched alkanes of at least 4 members (excludes halogenated alkanes) is 4. The van der Waals surface area contributed by atoms with Gasteiger partial charge in [-0.15, -0.1) is 0 Å². The predicted octanol–water partition coefficient (Wildman–Crippen LogP) is 1.17. The maximum absolute atomic E-state index is 11.2. The number of aromatic nitrogens is 2. The molecule has 0 spiro atoms. The Morgan fingerprint density at radius 1 is 1.40 bits per heavy atom. The van der Waals surface area contributed by atoms with Gasteiger partial charge in [-0.25, -0.2) is 4.98 Å². The second-order valence-electron chi connectivity index (χ2n) is 6.18. The topological polar surface area (TPSA) is 138 Å². The highest BCUT2D eigenvalue weighted by atomic mass is 16.4. The highest BCUT2D eigenvalue weighted by molar-refractivity contribution is 6.02. The highest BCUT2D eigenvalue weighted by Gasteiger charge is 2.35. The first kappa shape index (κ1) is 20.8. The second kappa shape index (κ2) is 11.4. The van der Waals surface area contributed by atoms with Crippen molar-refractivity contribution >= 4 is 17.7 Å². The van der Waals surface area contributed by atoms with Gasteiger partial charge >= 0.3 is 5.97 Å². The molecule has 5 N–H and O–H groups in total. The largest absolute Gasteiger partial charge is 0.480 e. The fraction of sp³-hybridized carbons (Fsp3) is 0.647. The molecule has 1 unspecified atom stereocenters. The van der Waals surface area contributed by atoms with Crippen LogP contribution in [0.5, 0.6) is 0 Å². The van der Waals surface area contributed by atoms with E-state index in [1.807, 2.05) is 0 Å². The molecule has 8 heteroatoms. The standard InChI is InChI=1S/C11H19NO2.C6H9N3O2/c1-2-3-4-5-6-7-11(14)12-9-8-10(9)13;7-5(6(10)11)1-4-2-8-3-9-4/h9H,2-8H2,1H3,(H,12,14);2-3,5H,1,7H2,(H,8,9)(H,10,11)/t;5-/m.0/s1. The summed E-state index contributed by atoms with van der Waals surface area (Å²) in [4.78, 5) is 38.6. The van der Waals surface area contributed by atoms with Gasteiger partial charge in [0.2, 0.25) is 5.91 Å². The number of carboxylic acids is 1. The summed E-state index contributed by atoms with van der Waals surface area (Å²) in [6.45, 7) is 2.17. The number of carboxylic acid groups (broad SMARTS) is 1. The lowest BCUT2D eigenvalue weighted by molar-refractivity contribution is -0.138. The summed E-state index contributed by atoms with van der Waals surface area (Å²) in [5, 5.41) is 11.1. The molecule has 1 aromatic rings. The quantitative estimate of drug-likeness (QED) is 0.466. The maximum Gasteiger partial charge on any atom is 0.320 e. The van der Waals surface area contributed by atoms with Crippen LogP contribution < -0.4 is 11.1 Å². The summed E-state index contributed by atoms with van der Waals surface area (Å²) in [7, 11) is 0. The number of hydrogen-bond donors (Lipinski definition) is 4. The minimum atomic E-state index is -1.00. The van der Waals surface area contributed by atoms with E-state index < -0.39 is 12.0 Å². The average Bonchev–Trinajstić information content (AvgIpc) is 3.02. The van der Waals surface area contributed by atoms with E-state index in [4.69, 9.17) is 10.8 Å². The summed E-state index contributed by atoms with van der Waals surface area (Å²) in [6.07, 6.45) is 10.2. The fourth-order valence-corrected chi connectivity index (χ4v) is 2.15. The van der Waals surface area contributed by atoms with Crippen LogP contribution >= 0.6 is 0 Å². The Balaban J connectivity index is 0.000000257. The Morgan fingerprint density at radius 3 is 2.60 bits per heavy atom. The molecule has 0 saturated heterocycles. The Morgan fingerprint density at radius 2 is 2.08 bits per heavy atom. The van der Waals surface area contributed by atoms with E-state index in [1.165, 1.54) is 25.6 Å². The third-order valence-electron chi connectivity index (χ3n) is 3.79. The number of aromatic amines is 1. The lowest BCUT2D eigenvalue weighted by Gasteiger charge is -2.02. The molecule has 0 radical (unpaired) electrons. The number of rotatable bonds is 10. The molecule has 1 aliphatic carbocycles. The lowest BCUT2D eigenvalue weighted by atomic mass is 10.1. The fourth-order valence-electron chi connectivity index (χ4n) is 2.15. The van der Waals surface area contributed by atoms with Crippen LogP contribution in [0.3, 0.4) is 0 Å². The Labute approximate surface area is 147 Å². The molecule has 1 amide bonds. The number of ketones is 1. The van der Waals surface area contributed by atoms with Crippen molar-refractivity contribution in [3.8, 4) is 0 Å². The van der Waals surface area contributed by atoms with Crippen LogP contribution in [0.25, 0.3) is 0 Å². The summed E-state index contributed by atoms with van der Waals surface area (Å²) in [5.41, 5.74) is 6.00. The predicted molar refractivity (Wildman–Crippen MR) is 92.8 cm³/mol. The Bertz CT molecular complexity index is 545. The molecule has 140 valence electrons. The first-order valence-corrected chi connectivity index (χ1v) is 8.71. The number of nitrogens with two attached hydrogens (primary N) is 1. The lowest BCUT2D eigenvalue weighted by Crippen LogP contribution is -2.32. The van der Waals surface area contributed by atoms with E-state index in [0.717, 1.165) is 18.5 Å². The highest BCUT2D eigenvalue weighted by Crippen LogP contribution is 2.13. The zero-order valence-corrected chi connectivity index (χ0v) is 14.7.